The number of rotatable bonds is 10. The summed E-state index contributed by atoms with van der Waals surface area (Å²) in [6.07, 6.45) is -9.03. The van der Waals surface area contributed by atoms with Crippen molar-refractivity contribution in [1.82, 2.24) is 4.98 Å². The first-order valence-electron chi connectivity index (χ1n) is 9.67. The lowest BCUT2D eigenvalue weighted by Gasteiger charge is -2.25. The SMILES string of the molecule is O=C([O-])C(Cc1cccc(OC(F)(F)C(F)F)c1)C(O)c1ccc(Oc2ccccn2)cc1. The molecule has 3 aromatic rings. The largest absolute Gasteiger partial charge is 0.550 e. The van der Waals surface area contributed by atoms with Crippen LogP contribution >= 0.6 is 0 Å². The number of carbonyl (C=O) groups is 1. The van der Waals surface area contributed by atoms with Crippen molar-refractivity contribution in [3.05, 3.63) is 84.1 Å². The Labute approximate surface area is 186 Å². The second-order valence-electron chi connectivity index (χ2n) is 7.03. The second-order valence-corrected chi connectivity index (χ2v) is 7.03. The molecule has 0 aliphatic rings. The molecular formula is C23H18F4NO5-. The van der Waals surface area contributed by atoms with E-state index in [0.717, 1.165) is 12.1 Å². The van der Waals surface area contributed by atoms with Gasteiger partial charge < -0.3 is 24.5 Å². The third-order valence-corrected chi connectivity index (χ3v) is 4.63. The summed E-state index contributed by atoms with van der Waals surface area (Å²) < 4.78 is 60.6. The Morgan fingerprint density at radius 3 is 2.36 bits per heavy atom. The number of carbonyl (C=O) groups excluding carboxylic acids is 1. The number of aliphatic hydroxyl groups is 1. The summed E-state index contributed by atoms with van der Waals surface area (Å²) in [5.41, 5.74) is 0.412. The van der Waals surface area contributed by atoms with Gasteiger partial charge in [0.05, 0.1) is 6.10 Å². The van der Waals surface area contributed by atoms with Gasteiger partial charge in [0, 0.05) is 24.2 Å². The average molecular weight is 464 g/mol. The number of alkyl halides is 4. The van der Waals surface area contributed by atoms with Crippen LogP contribution in [0.2, 0.25) is 0 Å². The molecule has 0 fully saturated rings. The van der Waals surface area contributed by atoms with E-state index in [1.165, 1.54) is 36.4 Å². The Morgan fingerprint density at radius 2 is 1.76 bits per heavy atom. The van der Waals surface area contributed by atoms with Crippen molar-refractivity contribution in [2.24, 2.45) is 5.92 Å². The number of ether oxygens (including phenoxy) is 2. The topological polar surface area (TPSA) is 91.7 Å². The van der Waals surface area contributed by atoms with Gasteiger partial charge in [0.15, 0.2) is 0 Å². The third kappa shape index (κ3) is 6.42. The molecule has 2 atom stereocenters. The van der Waals surface area contributed by atoms with E-state index in [4.69, 9.17) is 4.74 Å². The highest BCUT2D eigenvalue weighted by Crippen LogP contribution is 2.31. The first-order chi connectivity index (χ1) is 15.7. The average Bonchev–Trinajstić information content (AvgIpc) is 2.78. The minimum absolute atomic E-state index is 0.168. The summed E-state index contributed by atoms with van der Waals surface area (Å²) in [4.78, 5) is 15.7. The summed E-state index contributed by atoms with van der Waals surface area (Å²) in [5, 5.41) is 22.3. The van der Waals surface area contributed by atoms with Crippen molar-refractivity contribution in [3.63, 3.8) is 0 Å². The van der Waals surface area contributed by atoms with Crippen LogP contribution in [0.25, 0.3) is 0 Å². The Bertz CT molecular complexity index is 1060. The molecule has 1 aromatic heterocycles. The molecule has 2 aromatic carbocycles. The Balaban J connectivity index is 1.72. The van der Waals surface area contributed by atoms with Gasteiger partial charge in [-0.2, -0.15) is 17.6 Å². The molecule has 174 valence electrons. The van der Waals surface area contributed by atoms with Crippen molar-refractivity contribution in [3.8, 4) is 17.4 Å². The monoisotopic (exact) mass is 464 g/mol. The van der Waals surface area contributed by atoms with E-state index in [-0.39, 0.29) is 17.5 Å². The van der Waals surface area contributed by atoms with Crippen molar-refractivity contribution < 1.29 is 42.0 Å². The standard InChI is InChI=1S/C23H19F4NO5/c24-22(25)23(26,27)33-17-5-3-4-14(12-17)13-18(21(30)31)20(29)15-7-9-16(10-8-15)32-19-6-1-2-11-28-19/h1-12,18,20,22,29H,13H2,(H,30,31)/p-1. The van der Waals surface area contributed by atoms with E-state index in [9.17, 15) is 32.6 Å². The van der Waals surface area contributed by atoms with Gasteiger partial charge in [-0.1, -0.05) is 30.3 Å². The van der Waals surface area contributed by atoms with Gasteiger partial charge in [-0.05, 0) is 47.9 Å². The van der Waals surface area contributed by atoms with Crippen LogP contribution in [-0.4, -0.2) is 28.6 Å². The van der Waals surface area contributed by atoms with Gasteiger partial charge in [0.2, 0.25) is 5.88 Å². The summed E-state index contributed by atoms with van der Waals surface area (Å²) in [6, 6.07) is 15.7. The van der Waals surface area contributed by atoms with Crippen LogP contribution < -0.4 is 14.6 Å². The first-order valence-corrected chi connectivity index (χ1v) is 9.67. The van der Waals surface area contributed by atoms with Crippen molar-refractivity contribution >= 4 is 5.97 Å². The Kier molecular flexibility index (Phi) is 7.49. The maximum atomic E-state index is 13.1. The van der Waals surface area contributed by atoms with Crippen LogP contribution in [-0.2, 0) is 11.2 Å². The number of carboxylic acids is 1. The minimum Gasteiger partial charge on any atom is -0.550 e. The van der Waals surface area contributed by atoms with Gasteiger partial charge in [-0.25, -0.2) is 4.98 Å². The van der Waals surface area contributed by atoms with Gasteiger partial charge >= 0.3 is 12.5 Å². The van der Waals surface area contributed by atoms with Crippen LogP contribution in [0.1, 0.15) is 17.2 Å². The van der Waals surface area contributed by atoms with Crippen LogP contribution in [0.4, 0.5) is 17.6 Å². The number of aromatic nitrogens is 1. The number of halogens is 4. The molecule has 1 heterocycles. The molecule has 0 aliphatic carbocycles. The molecule has 6 nitrogen and oxygen atoms in total. The molecule has 0 saturated carbocycles. The predicted molar refractivity (Wildman–Crippen MR) is 106 cm³/mol. The molecule has 1 N–H and O–H groups in total. The molecule has 0 amide bonds. The van der Waals surface area contributed by atoms with E-state index >= 15 is 0 Å². The maximum absolute atomic E-state index is 13.1. The number of pyridine rings is 1. The van der Waals surface area contributed by atoms with Crippen LogP contribution in [0.5, 0.6) is 17.4 Å². The number of carboxylic acid groups (broad SMARTS) is 1. The molecule has 0 saturated heterocycles. The van der Waals surface area contributed by atoms with Gasteiger partial charge in [0.1, 0.15) is 11.5 Å². The number of nitrogens with zero attached hydrogens (tertiary/aromatic N) is 1. The van der Waals surface area contributed by atoms with Crippen molar-refractivity contribution in [1.29, 1.82) is 0 Å². The molecule has 3 rings (SSSR count). The highest BCUT2D eigenvalue weighted by molar-refractivity contribution is 5.69. The van der Waals surface area contributed by atoms with E-state index < -0.39 is 36.3 Å². The van der Waals surface area contributed by atoms with Crippen molar-refractivity contribution in [2.75, 3.05) is 0 Å². The number of aliphatic carboxylic acids is 1. The van der Waals surface area contributed by atoms with E-state index in [1.807, 2.05) is 0 Å². The van der Waals surface area contributed by atoms with Crippen LogP contribution in [0, 0.1) is 5.92 Å². The van der Waals surface area contributed by atoms with Gasteiger partial charge in [-0.3, -0.25) is 0 Å². The van der Waals surface area contributed by atoms with Gasteiger partial charge in [-0.15, -0.1) is 0 Å². The zero-order valence-corrected chi connectivity index (χ0v) is 16.9. The first kappa shape index (κ1) is 24.0. The van der Waals surface area contributed by atoms with Crippen molar-refractivity contribution in [2.45, 2.75) is 25.1 Å². The van der Waals surface area contributed by atoms with Gasteiger partial charge in [0.25, 0.3) is 0 Å². The quantitative estimate of drug-likeness (QED) is 0.460. The van der Waals surface area contributed by atoms with E-state index in [0.29, 0.717) is 11.6 Å². The van der Waals surface area contributed by atoms with Crippen LogP contribution in [0.15, 0.2) is 72.9 Å². The zero-order chi connectivity index (χ0) is 24.0. The number of hydrogen-bond acceptors (Lipinski definition) is 6. The fourth-order valence-corrected chi connectivity index (χ4v) is 3.01. The van der Waals surface area contributed by atoms with E-state index in [2.05, 4.69) is 9.72 Å². The highest BCUT2D eigenvalue weighted by Gasteiger charge is 2.44. The molecule has 0 bridgehead atoms. The predicted octanol–water partition coefficient (Wildman–Crippen LogP) is 3.75. The fourth-order valence-electron chi connectivity index (χ4n) is 3.01. The maximum Gasteiger partial charge on any atom is 0.461 e. The number of benzene rings is 2. The molecule has 2 unspecified atom stereocenters. The third-order valence-electron chi connectivity index (χ3n) is 4.63. The second kappa shape index (κ2) is 10.3. The van der Waals surface area contributed by atoms with E-state index in [1.54, 1.807) is 24.4 Å². The fraction of sp³-hybridized carbons (Fsp3) is 0.217. The Morgan fingerprint density at radius 1 is 1.03 bits per heavy atom. The minimum atomic E-state index is -4.70. The molecule has 33 heavy (non-hydrogen) atoms. The molecular weight excluding hydrogens is 446 g/mol. The summed E-state index contributed by atoms with van der Waals surface area (Å²) >= 11 is 0. The number of hydrogen-bond donors (Lipinski definition) is 1. The summed E-state index contributed by atoms with van der Waals surface area (Å²) in [6.45, 7) is 0. The smallest absolute Gasteiger partial charge is 0.461 e. The number of aliphatic hydroxyl groups excluding tert-OH is 1. The summed E-state index contributed by atoms with van der Waals surface area (Å²) in [7, 11) is 0. The molecule has 0 aliphatic heterocycles. The molecule has 0 radical (unpaired) electrons. The lowest BCUT2D eigenvalue weighted by Crippen LogP contribution is -2.36. The Hall–Kier alpha value is -3.66. The normalized spacial score (nSPS) is 13.4. The molecule has 0 spiro atoms. The van der Waals surface area contributed by atoms with Crippen LogP contribution in [0.3, 0.4) is 0 Å². The highest BCUT2D eigenvalue weighted by atomic mass is 19.3. The summed E-state index contributed by atoms with van der Waals surface area (Å²) in [5.74, 6) is -2.86. The lowest BCUT2D eigenvalue weighted by molar-refractivity contribution is -0.314. The molecule has 10 heteroatoms. The lowest BCUT2D eigenvalue weighted by atomic mass is 9.90. The zero-order valence-electron chi connectivity index (χ0n) is 16.9.